The average Bonchev–Trinajstić information content (AvgIpc) is 3.41. The Labute approximate surface area is 227 Å². The first-order chi connectivity index (χ1) is 18.6. The summed E-state index contributed by atoms with van der Waals surface area (Å²) in [4.78, 5) is 34.6. The van der Waals surface area contributed by atoms with Crippen LogP contribution in [0.25, 0.3) is 11.3 Å². The van der Waals surface area contributed by atoms with Gasteiger partial charge in [0.1, 0.15) is 0 Å². The Morgan fingerprint density at radius 1 is 0.921 bits per heavy atom. The SMILES string of the molecule is CCn1c(SCC(=O)N(c2ccccc2)c2ccccc2)nc2c(c1=O)C1(CCCC1)Cc1ccccc1-2. The van der Waals surface area contributed by atoms with Crippen LogP contribution < -0.4 is 10.5 Å². The van der Waals surface area contributed by atoms with Crippen LogP contribution in [0.5, 0.6) is 0 Å². The minimum Gasteiger partial charge on any atom is -0.288 e. The van der Waals surface area contributed by atoms with E-state index >= 15 is 0 Å². The van der Waals surface area contributed by atoms with Gasteiger partial charge in [0.25, 0.3) is 5.56 Å². The van der Waals surface area contributed by atoms with Gasteiger partial charge in [0.15, 0.2) is 5.16 Å². The third kappa shape index (κ3) is 4.27. The fourth-order valence-electron chi connectivity index (χ4n) is 6.22. The molecule has 1 amide bonds. The monoisotopic (exact) mass is 521 g/mol. The van der Waals surface area contributed by atoms with E-state index in [1.54, 1.807) is 9.47 Å². The number of hydrogen-bond acceptors (Lipinski definition) is 4. The number of carbonyl (C=O) groups excluding carboxylic acids is 1. The normalized spacial score (nSPS) is 15.2. The maximum absolute atomic E-state index is 14.1. The van der Waals surface area contributed by atoms with Crippen LogP contribution in [0, 0.1) is 0 Å². The van der Waals surface area contributed by atoms with Crippen LogP contribution in [0.1, 0.15) is 43.7 Å². The smallest absolute Gasteiger partial charge is 0.258 e. The van der Waals surface area contributed by atoms with Gasteiger partial charge in [0, 0.05) is 28.9 Å². The van der Waals surface area contributed by atoms with Crippen molar-refractivity contribution in [3.63, 3.8) is 0 Å². The molecule has 5 nitrogen and oxygen atoms in total. The molecule has 3 aromatic carbocycles. The van der Waals surface area contributed by atoms with E-state index in [9.17, 15) is 9.59 Å². The Morgan fingerprint density at radius 3 is 2.16 bits per heavy atom. The van der Waals surface area contributed by atoms with E-state index in [1.807, 2.05) is 73.7 Å². The number of thioether (sulfide) groups is 1. The number of hydrogen-bond donors (Lipinski definition) is 0. The molecular weight excluding hydrogens is 490 g/mol. The van der Waals surface area contributed by atoms with E-state index in [2.05, 4.69) is 18.2 Å². The molecule has 1 aromatic heterocycles. The molecule has 0 atom stereocenters. The van der Waals surface area contributed by atoms with E-state index in [1.165, 1.54) is 17.3 Å². The lowest BCUT2D eigenvalue weighted by atomic mass is 9.68. The molecular formula is C32H31N3O2S. The van der Waals surface area contributed by atoms with Gasteiger partial charge in [-0.15, -0.1) is 0 Å². The van der Waals surface area contributed by atoms with Gasteiger partial charge in [0.2, 0.25) is 5.91 Å². The highest BCUT2D eigenvalue weighted by Gasteiger charge is 2.44. The Kier molecular flexibility index (Phi) is 6.66. The number of para-hydroxylation sites is 2. The Bertz CT molecular complexity index is 1490. The predicted octanol–water partition coefficient (Wildman–Crippen LogP) is 6.76. The summed E-state index contributed by atoms with van der Waals surface area (Å²) in [6, 6.07) is 27.7. The van der Waals surface area contributed by atoms with Crippen molar-refractivity contribution >= 4 is 29.0 Å². The van der Waals surface area contributed by atoms with Gasteiger partial charge in [-0.25, -0.2) is 4.98 Å². The second-order valence-corrected chi connectivity index (χ2v) is 11.1. The summed E-state index contributed by atoms with van der Waals surface area (Å²) in [6.07, 6.45) is 5.26. The number of aromatic nitrogens is 2. The maximum Gasteiger partial charge on any atom is 0.258 e. The first kappa shape index (κ1) is 24.7. The molecule has 1 heterocycles. The summed E-state index contributed by atoms with van der Waals surface area (Å²) >= 11 is 1.35. The standard InChI is InChI=1S/C32H31N3O2S/c1-2-34-30(37)28-29(26-18-10-9-13-23(26)21-32(28)19-11-12-20-32)33-31(34)38-22-27(36)35(24-14-5-3-6-15-24)25-16-7-4-8-17-25/h3-10,13-18H,2,11-12,19-22H2,1H3. The van der Waals surface area contributed by atoms with Crippen molar-refractivity contribution in [1.82, 2.24) is 9.55 Å². The first-order valence-corrected chi connectivity index (χ1v) is 14.4. The second kappa shape index (κ2) is 10.3. The predicted molar refractivity (Wildman–Crippen MR) is 154 cm³/mol. The maximum atomic E-state index is 14.1. The van der Waals surface area contributed by atoms with Gasteiger partial charge >= 0.3 is 0 Å². The molecule has 0 unspecified atom stereocenters. The molecule has 6 rings (SSSR count). The summed E-state index contributed by atoms with van der Waals surface area (Å²) in [5.41, 5.74) is 5.61. The molecule has 2 aliphatic rings. The second-order valence-electron chi connectivity index (χ2n) is 10.2. The lowest BCUT2D eigenvalue weighted by Gasteiger charge is -2.36. The fourth-order valence-corrected chi connectivity index (χ4v) is 7.12. The third-order valence-corrected chi connectivity index (χ3v) is 8.91. The number of nitrogens with zero attached hydrogens (tertiary/aromatic N) is 3. The molecule has 38 heavy (non-hydrogen) atoms. The number of rotatable bonds is 6. The number of carbonyl (C=O) groups is 1. The highest BCUT2D eigenvalue weighted by molar-refractivity contribution is 7.99. The molecule has 0 radical (unpaired) electrons. The zero-order chi connectivity index (χ0) is 26.1. The van der Waals surface area contributed by atoms with Crippen LogP contribution in [0.4, 0.5) is 11.4 Å². The van der Waals surface area contributed by atoms with Crippen LogP contribution in [0.2, 0.25) is 0 Å². The van der Waals surface area contributed by atoms with Crippen molar-refractivity contribution in [2.45, 2.75) is 56.1 Å². The molecule has 2 aliphatic carbocycles. The fraction of sp³-hybridized carbons (Fsp3) is 0.281. The van der Waals surface area contributed by atoms with Crippen molar-refractivity contribution in [2.24, 2.45) is 0 Å². The summed E-state index contributed by atoms with van der Waals surface area (Å²) < 4.78 is 1.78. The molecule has 1 fully saturated rings. The third-order valence-electron chi connectivity index (χ3n) is 7.95. The number of amides is 1. The topological polar surface area (TPSA) is 55.2 Å². The Morgan fingerprint density at radius 2 is 1.53 bits per heavy atom. The lowest BCUT2D eigenvalue weighted by molar-refractivity contribution is -0.115. The first-order valence-electron chi connectivity index (χ1n) is 13.4. The molecule has 0 bridgehead atoms. The van der Waals surface area contributed by atoms with E-state index in [-0.39, 0.29) is 22.6 Å². The van der Waals surface area contributed by atoms with Crippen LogP contribution in [-0.2, 0) is 23.2 Å². The molecule has 0 N–H and O–H groups in total. The molecule has 192 valence electrons. The van der Waals surface area contributed by atoms with Crippen molar-refractivity contribution in [2.75, 3.05) is 10.7 Å². The van der Waals surface area contributed by atoms with E-state index in [0.717, 1.165) is 60.3 Å². The quantitative estimate of drug-likeness (QED) is 0.208. The lowest BCUT2D eigenvalue weighted by Crippen LogP contribution is -2.40. The van der Waals surface area contributed by atoms with Crippen LogP contribution in [-0.4, -0.2) is 21.2 Å². The minimum atomic E-state index is -0.124. The van der Waals surface area contributed by atoms with Gasteiger partial charge in [-0.2, -0.15) is 0 Å². The molecule has 0 saturated heterocycles. The zero-order valence-corrected chi connectivity index (χ0v) is 22.4. The van der Waals surface area contributed by atoms with Crippen LogP contribution >= 0.6 is 11.8 Å². The van der Waals surface area contributed by atoms with Crippen molar-refractivity contribution < 1.29 is 4.79 Å². The number of fused-ring (bicyclic) bond motifs is 4. The highest BCUT2D eigenvalue weighted by atomic mass is 32.2. The van der Waals surface area contributed by atoms with Crippen LogP contribution in [0.3, 0.4) is 0 Å². The average molecular weight is 522 g/mol. The van der Waals surface area contributed by atoms with Gasteiger partial charge in [-0.3, -0.25) is 19.1 Å². The van der Waals surface area contributed by atoms with E-state index < -0.39 is 0 Å². The van der Waals surface area contributed by atoms with Gasteiger partial charge in [-0.1, -0.05) is 85.3 Å². The highest BCUT2D eigenvalue weighted by Crippen LogP contribution is 2.50. The zero-order valence-electron chi connectivity index (χ0n) is 21.6. The number of benzene rings is 3. The molecule has 4 aromatic rings. The van der Waals surface area contributed by atoms with Crippen molar-refractivity contribution in [3.05, 3.63) is 106 Å². The Hall–Kier alpha value is -3.64. The van der Waals surface area contributed by atoms with E-state index in [4.69, 9.17) is 4.98 Å². The molecule has 1 spiro atoms. The molecule has 1 saturated carbocycles. The summed E-state index contributed by atoms with van der Waals surface area (Å²) in [5.74, 6) is 0.108. The van der Waals surface area contributed by atoms with Crippen LogP contribution in [0.15, 0.2) is 94.9 Å². The van der Waals surface area contributed by atoms with Crippen molar-refractivity contribution in [3.8, 4) is 11.3 Å². The molecule has 6 heteroatoms. The van der Waals surface area contributed by atoms with Crippen molar-refractivity contribution in [1.29, 1.82) is 0 Å². The molecule has 0 aliphatic heterocycles. The number of anilines is 2. The summed E-state index contributed by atoms with van der Waals surface area (Å²) in [5, 5.41) is 0.607. The van der Waals surface area contributed by atoms with E-state index in [0.29, 0.717) is 11.7 Å². The van der Waals surface area contributed by atoms with Gasteiger partial charge in [0.05, 0.1) is 17.0 Å². The minimum absolute atomic E-state index is 0.0605. The largest absolute Gasteiger partial charge is 0.288 e. The Balaban J connectivity index is 1.39. The summed E-state index contributed by atoms with van der Waals surface area (Å²) in [7, 11) is 0. The van der Waals surface area contributed by atoms with Gasteiger partial charge in [-0.05, 0) is 56.0 Å². The summed E-state index contributed by atoms with van der Waals surface area (Å²) in [6.45, 7) is 2.51. The van der Waals surface area contributed by atoms with Gasteiger partial charge < -0.3 is 0 Å².